The Morgan fingerprint density at radius 3 is 1.94 bits per heavy atom. The van der Waals surface area contributed by atoms with Gasteiger partial charge in [-0.1, -0.05) is 39.0 Å². The van der Waals surface area contributed by atoms with E-state index in [1.807, 2.05) is 6.92 Å². The lowest BCUT2D eigenvalue weighted by Gasteiger charge is -2.07. The van der Waals surface area contributed by atoms with Crippen molar-refractivity contribution >= 4 is 6.29 Å². The lowest BCUT2D eigenvalue weighted by atomic mass is 10.1. The van der Waals surface area contributed by atoms with Gasteiger partial charge in [0, 0.05) is 20.1 Å². The number of ether oxygens (including phenoxy) is 1. The van der Waals surface area contributed by atoms with Crippen LogP contribution in [0.2, 0.25) is 0 Å². The monoisotopic (exact) mass is 252 g/mol. The molecule has 0 aliphatic rings. The van der Waals surface area contributed by atoms with Crippen LogP contribution in [-0.2, 0) is 9.53 Å². The highest BCUT2D eigenvalue weighted by Gasteiger charge is 2.26. The zero-order valence-corrected chi connectivity index (χ0v) is 11.3. The number of carbonyl (C=O) groups excluding carboxylic acids is 1. The third-order valence-corrected chi connectivity index (χ3v) is 2.32. The van der Waals surface area contributed by atoms with Gasteiger partial charge in [0.05, 0.1) is 0 Å². The Hall–Kier alpha value is -0.510. The summed E-state index contributed by atoms with van der Waals surface area (Å²) in [5.74, 6) is -3.09. The van der Waals surface area contributed by atoms with Gasteiger partial charge in [-0.2, -0.15) is 8.78 Å². The van der Waals surface area contributed by atoms with Crippen LogP contribution in [0.4, 0.5) is 8.78 Å². The highest BCUT2D eigenvalue weighted by atomic mass is 19.3. The van der Waals surface area contributed by atoms with E-state index in [-0.39, 0.29) is 12.7 Å². The molecular weight excluding hydrogens is 226 g/mol. The molecule has 4 heteroatoms. The fraction of sp³-hybridized carbons (Fsp3) is 0.923. The molecule has 104 valence electrons. The molecule has 0 aromatic carbocycles. The van der Waals surface area contributed by atoms with Gasteiger partial charge in [0.1, 0.15) is 0 Å². The van der Waals surface area contributed by atoms with Gasteiger partial charge in [0.15, 0.2) is 6.29 Å². The summed E-state index contributed by atoms with van der Waals surface area (Å²) in [4.78, 5) is 9.84. The molecular formula is C13H26F2O2. The third kappa shape index (κ3) is 18.1. The molecule has 0 spiro atoms. The van der Waals surface area contributed by atoms with E-state index in [0.29, 0.717) is 6.42 Å². The van der Waals surface area contributed by atoms with E-state index in [1.165, 1.54) is 6.42 Å². The molecule has 0 saturated heterocycles. The van der Waals surface area contributed by atoms with Crippen molar-refractivity contribution in [3.63, 3.8) is 0 Å². The first-order chi connectivity index (χ1) is 8.04. The van der Waals surface area contributed by atoms with Crippen molar-refractivity contribution in [2.45, 2.75) is 64.7 Å². The number of hydrogen-bond donors (Lipinski definition) is 0. The summed E-state index contributed by atoms with van der Waals surface area (Å²) in [6, 6.07) is 0. The molecule has 0 bridgehead atoms. The molecule has 0 aromatic rings. The average Bonchev–Trinajstić information content (AvgIpc) is 2.34. The molecule has 0 unspecified atom stereocenters. The van der Waals surface area contributed by atoms with Gasteiger partial charge in [0.25, 0.3) is 0 Å². The van der Waals surface area contributed by atoms with E-state index in [9.17, 15) is 13.6 Å². The van der Waals surface area contributed by atoms with Crippen molar-refractivity contribution in [2.24, 2.45) is 0 Å². The molecule has 0 rings (SSSR count). The normalized spacial score (nSPS) is 10.6. The van der Waals surface area contributed by atoms with Crippen LogP contribution in [-0.4, -0.2) is 25.9 Å². The summed E-state index contributed by atoms with van der Waals surface area (Å²) in [6.45, 7) is 4.89. The molecule has 0 saturated carbocycles. The van der Waals surface area contributed by atoms with E-state index in [4.69, 9.17) is 0 Å². The molecule has 0 N–H and O–H groups in total. The van der Waals surface area contributed by atoms with Crippen LogP contribution in [0.25, 0.3) is 0 Å². The number of unbranched alkanes of at least 4 members (excludes halogenated alkanes) is 5. The Morgan fingerprint density at radius 2 is 1.53 bits per heavy atom. The number of methoxy groups -OCH3 is 1. The first kappa shape index (κ1) is 18.8. The summed E-state index contributed by atoms with van der Waals surface area (Å²) in [5, 5.41) is 0. The van der Waals surface area contributed by atoms with Crippen LogP contribution in [0, 0.1) is 0 Å². The Kier molecular flexibility index (Phi) is 15.0. The lowest BCUT2D eigenvalue weighted by Crippen LogP contribution is -2.16. The van der Waals surface area contributed by atoms with Crippen LogP contribution in [0.3, 0.4) is 0 Å². The lowest BCUT2D eigenvalue weighted by molar-refractivity contribution is -0.130. The minimum absolute atomic E-state index is 0.251. The topological polar surface area (TPSA) is 26.3 Å². The first-order valence-electron chi connectivity index (χ1n) is 6.37. The number of rotatable bonds is 9. The van der Waals surface area contributed by atoms with Gasteiger partial charge < -0.3 is 4.74 Å². The molecule has 0 aromatic heterocycles. The second kappa shape index (κ2) is 13.6. The third-order valence-electron chi connectivity index (χ3n) is 2.32. The van der Waals surface area contributed by atoms with E-state index >= 15 is 0 Å². The predicted molar refractivity (Wildman–Crippen MR) is 66.6 cm³/mol. The number of aldehydes is 1. The quantitative estimate of drug-likeness (QED) is 0.453. The highest BCUT2D eigenvalue weighted by Crippen LogP contribution is 2.19. The molecule has 0 amide bonds. The van der Waals surface area contributed by atoms with Crippen LogP contribution in [0.15, 0.2) is 0 Å². The SMILES string of the molecule is CCCCCCCCC(F)(F)C=O.CCOC. The van der Waals surface area contributed by atoms with Crippen molar-refractivity contribution in [3.05, 3.63) is 0 Å². The standard InChI is InChI=1S/C10H18F2O.C3H8O/c1-2-3-4-5-6-7-8-10(11,12)9-13;1-3-4-2/h9H,2-8H2,1H3;3H2,1-2H3. The largest absolute Gasteiger partial charge is 0.385 e. The Labute approximate surface area is 104 Å². The van der Waals surface area contributed by atoms with Crippen LogP contribution >= 0.6 is 0 Å². The zero-order chi connectivity index (χ0) is 13.6. The summed E-state index contributed by atoms with van der Waals surface area (Å²) >= 11 is 0. The van der Waals surface area contributed by atoms with E-state index in [2.05, 4.69) is 11.7 Å². The number of carbonyl (C=O) groups is 1. The number of alkyl halides is 2. The minimum Gasteiger partial charge on any atom is -0.385 e. The van der Waals surface area contributed by atoms with Gasteiger partial charge >= 0.3 is 5.92 Å². The summed E-state index contributed by atoms with van der Waals surface area (Å²) in [6.07, 6.45) is 5.17. The van der Waals surface area contributed by atoms with Gasteiger partial charge in [-0.15, -0.1) is 0 Å². The van der Waals surface area contributed by atoms with Gasteiger partial charge in [-0.05, 0) is 13.3 Å². The Morgan fingerprint density at radius 1 is 1.06 bits per heavy atom. The molecule has 2 nitrogen and oxygen atoms in total. The minimum atomic E-state index is -3.09. The highest BCUT2D eigenvalue weighted by molar-refractivity contribution is 5.59. The average molecular weight is 252 g/mol. The van der Waals surface area contributed by atoms with E-state index in [1.54, 1.807) is 7.11 Å². The van der Waals surface area contributed by atoms with Crippen LogP contribution in [0.5, 0.6) is 0 Å². The number of halogens is 2. The van der Waals surface area contributed by atoms with Crippen molar-refractivity contribution in [2.75, 3.05) is 13.7 Å². The smallest absolute Gasteiger partial charge is 0.302 e. The van der Waals surface area contributed by atoms with Gasteiger partial charge in [-0.3, -0.25) is 4.79 Å². The maximum absolute atomic E-state index is 12.4. The molecule has 0 fully saturated rings. The van der Waals surface area contributed by atoms with Crippen LogP contribution < -0.4 is 0 Å². The fourth-order valence-electron chi connectivity index (χ4n) is 1.20. The summed E-state index contributed by atoms with van der Waals surface area (Å²) in [5.41, 5.74) is 0. The second-order valence-corrected chi connectivity index (χ2v) is 3.97. The predicted octanol–water partition coefficient (Wildman–Crippen LogP) is 4.22. The second-order valence-electron chi connectivity index (χ2n) is 3.97. The summed E-state index contributed by atoms with van der Waals surface area (Å²) < 4.78 is 29.3. The maximum atomic E-state index is 12.4. The van der Waals surface area contributed by atoms with Crippen molar-refractivity contribution in [1.82, 2.24) is 0 Å². The molecule has 0 heterocycles. The van der Waals surface area contributed by atoms with Crippen molar-refractivity contribution in [1.29, 1.82) is 0 Å². The fourth-order valence-corrected chi connectivity index (χ4v) is 1.20. The molecule has 17 heavy (non-hydrogen) atoms. The number of hydrogen-bond acceptors (Lipinski definition) is 2. The molecule has 0 aliphatic carbocycles. The van der Waals surface area contributed by atoms with Gasteiger partial charge in [0.2, 0.25) is 0 Å². The molecule has 0 atom stereocenters. The van der Waals surface area contributed by atoms with E-state index < -0.39 is 5.92 Å². The van der Waals surface area contributed by atoms with Gasteiger partial charge in [-0.25, -0.2) is 0 Å². The summed E-state index contributed by atoms with van der Waals surface area (Å²) in [7, 11) is 1.68. The van der Waals surface area contributed by atoms with Crippen LogP contribution in [0.1, 0.15) is 58.8 Å². The maximum Gasteiger partial charge on any atom is 0.302 e. The Balaban J connectivity index is 0. The Bertz CT molecular complexity index is 159. The first-order valence-corrected chi connectivity index (χ1v) is 6.37. The van der Waals surface area contributed by atoms with E-state index in [0.717, 1.165) is 32.3 Å². The molecule has 0 radical (unpaired) electrons. The van der Waals surface area contributed by atoms with Crippen molar-refractivity contribution < 1.29 is 18.3 Å². The van der Waals surface area contributed by atoms with Crippen molar-refractivity contribution in [3.8, 4) is 0 Å². The zero-order valence-electron chi connectivity index (χ0n) is 11.3. The molecule has 0 aliphatic heterocycles.